The van der Waals surface area contributed by atoms with E-state index in [0.29, 0.717) is 0 Å². The molecule has 0 bridgehead atoms. The molecule has 2 aromatic heterocycles. The van der Waals surface area contributed by atoms with Crippen LogP contribution >= 0.6 is 0 Å². The lowest BCUT2D eigenvalue weighted by Crippen LogP contribution is -2.28. The Morgan fingerprint density at radius 3 is 2.48 bits per heavy atom. The van der Waals surface area contributed by atoms with Gasteiger partial charge in [-0.2, -0.15) is 5.10 Å². The molecule has 0 unspecified atom stereocenters. The summed E-state index contributed by atoms with van der Waals surface area (Å²) in [5, 5.41) is 7.19. The van der Waals surface area contributed by atoms with Crippen LogP contribution in [0.15, 0.2) is 67.1 Å². The van der Waals surface area contributed by atoms with Gasteiger partial charge in [0.1, 0.15) is 0 Å². The van der Waals surface area contributed by atoms with Crippen LogP contribution in [0, 0.1) is 0 Å². The molecule has 1 fully saturated rings. The van der Waals surface area contributed by atoms with Gasteiger partial charge in [-0.3, -0.25) is 9.78 Å². The number of nitrogens with one attached hydrogen (secondary N) is 1. The van der Waals surface area contributed by atoms with E-state index >= 15 is 0 Å². The van der Waals surface area contributed by atoms with Crippen LogP contribution in [0.1, 0.15) is 18.5 Å². The SMILES string of the molecule is O=C(Nc1ccc(-n2cccn2)cc1)C1(c2ccccn2)CC1. The van der Waals surface area contributed by atoms with Gasteiger partial charge in [0.25, 0.3) is 0 Å². The first-order valence-electron chi connectivity index (χ1n) is 7.61. The van der Waals surface area contributed by atoms with Gasteiger partial charge in [-0.05, 0) is 55.3 Å². The predicted molar refractivity (Wildman–Crippen MR) is 87.3 cm³/mol. The molecule has 1 aromatic carbocycles. The molecule has 114 valence electrons. The van der Waals surface area contributed by atoms with E-state index in [0.717, 1.165) is 29.9 Å². The van der Waals surface area contributed by atoms with Crippen LogP contribution < -0.4 is 5.32 Å². The van der Waals surface area contributed by atoms with Crippen molar-refractivity contribution in [1.82, 2.24) is 14.8 Å². The van der Waals surface area contributed by atoms with Crippen LogP contribution in [0.25, 0.3) is 5.69 Å². The summed E-state index contributed by atoms with van der Waals surface area (Å²) < 4.78 is 1.78. The Morgan fingerprint density at radius 2 is 1.87 bits per heavy atom. The topological polar surface area (TPSA) is 59.8 Å². The quantitative estimate of drug-likeness (QED) is 0.806. The van der Waals surface area contributed by atoms with E-state index in [-0.39, 0.29) is 5.91 Å². The lowest BCUT2D eigenvalue weighted by Gasteiger charge is -2.15. The fraction of sp³-hybridized carbons (Fsp3) is 0.167. The van der Waals surface area contributed by atoms with Crippen molar-refractivity contribution < 1.29 is 4.79 Å². The molecule has 1 N–H and O–H groups in total. The fourth-order valence-corrected chi connectivity index (χ4v) is 2.74. The van der Waals surface area contributed by atoms with E-state index in [2.05, 4.69) is 15.4 Å². The molecule has 2 heterocycles. The first-order chi connectivity index (χ1) is 11.3. The Kier molecular flexibility index (Phi) is 3.19. The van der Waals surface area contributed by atoms with Crippen molar-refractivity contribution in [3.63, 3.8) is 0 Å². The molecular formula is C18H16N4O. The lowest BCUT2D eigenvalue weighted by molar-refractivity contribution is -0.118. The molecule has 23 heavy (non-hydrogen) atoms. The summed E-state index contributed by atoms with van der Waals surface area (Å²) in [6, 6.07) is 15.2. The second kappa shape index (κ2) is 5.35. The highest BCUT2D eigenvalue weighted by molar-refractivity contribution is 6.01. The summed E-state index contributed by atoms with van der Waals surface area (Å²) in [5.41, 5.74) is 2.14. The number of rotatable bonds is 4. The molecule has 4 rings (SSSR count). The number of aromatic nitrogens is 3. The maximum Gasteiger partial charge on any atom is 0.236 e. The second-order valence-corrected chi connectivity index (χ2v) is 5.75. The molecule has 1 aliphatic carbocycles. The van der Waals surface area contributed by atoms with Crippen LogP contribution in [0.2, 0.25) is 0 Å². The van der Waals surface area contributed by atoms with Gasteiger partial charge in [0.15, 0.2) is 0 Å². The second-order valence-electron chi connectivity index (χ2n) is 5.75. The number of anilines is 1. The molecule has 5 heteroatoms. The first kappa shape index (κ1) is 13.7. The highest BCUT2D eigenvalue weighted by Gasteiger charge is 2.52. The minimum Gasteiger partial charge on any atom is -0.325 e. The van der Waals surface area contributed by atoms with Gasteiger partial charge >= 0.3 is 0 Å². The smallest absolute Gasteiger partial charge is 0.236 e. The molecule has 0 atom stereocenters. The fourth-order valence-electron chi connectivity index (χ4n) is 2.74. The highest BCUT2D eigenvalue weighted by atomic mass is 16.2. The Morgan fingerprint density at radius 1 is 1.04 bits per heavy atom. The van der Waals surface area contributed by atoms with E-state index in [1.807, 2.05) is 54.7 Å². The monoisotopic (exact) mass is 304 g/mol. The molecule has 0 aliphatic heterocycles. The van der Waals surface area contributed by atoms with Crippen molar-refractivity contribution in [2.45, 2.75) is 18.3 Å². The molecule has 0 saturated heterocycles. The number of carbonyl (C=O) groups excluding carboxylic acids is 1. The zero-order valence-electron chi connectivity index (χ0n) is 12.5. The summed E-state index contributed by atoms with van der Waals surface area (Å²) in [6.07, 6.45) is 7.05. The summed E-state index contributed by atoms with van der Waals surface area (Å²) >= 11 is 0. The summed E-state index contributed by atoms with van der Waals surface area (Å²) in [5.74, 6) is 0.0167. The standard InChI is InChI=1S/C18H16N4O/c23-17(18(9-10-18)16-4-1-2-11-19-16)21-14-5-7-15(8-6-14)22-13-3-12-20-22/h1-8,11-13H,9-10H2,(H,21,23). The minimum absolute atomic E-state index is 0.0167. The highest BCUT2D eigenvalue weighted by Crippen LogP contribution is 2.48. The molecule has 5 nitrogen and oxygen atoms in total. The van der Waals surface area contributed by atoms with Crippen molar-refractivity contribution in [3.8, 4) is 5.69 Å². The van der Waals surface area contributed by atoms with E-state index in [4.69, 9.17) is 0 Å². The average Bonchev–Trinajstić information content (AvgIpc) is 3.24. The maximum absolute atomic E-state index is 12.6. The molecule has 1 amide bonds. The molecule has 0 radical (unpaired) electrons. The van der Waals surface area contributed by atoms with Crippen molar-refractivity contribution in [1.29, 1.82) is 0 Å². The van der Waals surface area contributed by atoms with Crippen molar-refractivity contribution >= 4 is 11.6 Å². The normalized spacial score (nSPS) is 15.1. The summed E-state index contributed by atoms with van der Waals surface area (Å²) in [7, 11) is 0. The number of benzene rings is 1. The third-order valence-corrected chi connectivity index (χ3v) is 4.23. The third kappa shape index (κ3) is 2.50. The van der Waals surface area contributed by atoms with Crippen molar-refractivity contribution in [2.24, 2.45) is 0 Å². The van der Waals surface area contributed by atoms with E-state index in [1.165, 1.54) is 0 Å². The van der Waals surface area contributed by atoms with Gasteiger partial charge in [0.05, 0.1) is 16.8 Å². The summed E-state index contributed by atoms with van der Waals surface area (Å²) in [4.78, 5) is 17.0. The Labute approximate surface area is 134 Å². The maximum atomic E-state index is 12.6. The number of carbonyl (C=O) groups is 1. The van der Waals surface area contributed by atoms with Crippen LogP contribution in [0.3, 0.4) is 0 Å². The summed E-state index contributed by atoms with van der Waals surface area (Å²) in [6.45, 7) is 0. The van der Waals surface area contributed by atoms with Gasteiger partial charge in [-0.1, -0.05) is 6.07 Å². The Hall–Kier alpha value is -2.95. The van der Waals surface area contributed by atoms with Crippen LogP contribution in [-0.2, 0) is 10.2 Å². The predicted octanol–water partition coefficient (Wildman–Crippen LogP) is 2.94. The van der Waals surface area contributed by atoms with E-state index in [9.17, 15) is 4.79 Å². The Bertz CT molecular complexity index is 806. The van der Waals surface area contributed by atoms with Gasteiger partial charge in [-0.15, -0.1) is 0 Å². The Balaban J connectivity index is 1.51. The van der Waals surface area contributed by atoms with Gasteiger partial charge in [0.2, 0.25) is 5.91 Å². The largest absolute Gasteiger partial charge is 0.325 e. The van der Waals surface area contributed by atoms with Crippen LogP contribution in [-0.4, -0.2) is 20.7 Å². The van der Waals surface area contributed by atoms with E-state index < -0.39 is 5.41 Å². The molecule has 0 spiro atoms. The number of nitrogens with zero attached hydrogens (tertiary/aromatic N) is 3. The number of pyridine rings is 1. The van der Waals surface area contributed by atoms with Crippen molar-refractivity contribution in [2.75, 3.05) is 5.32 Å². The van der Waals surface area contributed by atoms with Crippen LogP contribution in [0.5, 0.6) is 0 Å². The zero-order valence-corrected chi connectivity index (χ0v) is 12.5. The number of hydrogen-bond donors (Lipinski definition) is 1. The van der Waals surface area contributed by atoms with Crippen molar-refractivity contribution in [3.05, 3.63) is 72.8 Å². The third-order valence-electron chi connectivity index (χ3n) is 4.23. The number of hydrogen-bond acceptors (Lipinski definition) is 3. The minimum atomic E-state index is -0.456. The molecule has 3 aromatic rings. The first-order valence-corrected chi connectivity index (χ1v) is 7.61. The lowest BCUT2D eigenvalue weighted by atomic mass is 10.0. The molecule has 1 aliphatic rings. The zero-order chi connectivity index (χ0) is 15.7. The van der Waals surface area contributed by atoms with Gasteiger partial charge in [0, 0.05) is 24.3 Å². The van der Waals surface area contributed by atoms with Crippen LogP contribution in [0.4, 0.5) is 5.69 Å². The molecular weight excluding hydrogens is 288 g/mol. The number of amides is 1. The van der Waals surface area contributed by atoms with Gasteiger partial charge < -0.3 is 5.32 Å². The van der Waals surface area contributed by atoms with Gasteiger partial charge in [-0.25, -0.2) is 4.68 Å². The van der Waals surface area contributed by atoms with E-state index in [1.54, 1.807) is 17.1 Å². The molecule has 1 saturated carbocycles. The average molecular weight is 304 g/mol.